The number of ether oxygens (including phenoxy) is 1. The first-order chi connectivity index (χ1) is 5.86. The molecule has 4 heteroatoms. The van der Waals surface area contributed by atoms with Crippen LogP contribution in [0.2, 0.25) is 0 Å². The van der Waals surface area contributed by atoms with E-state index in [1.54, 1.807) is 19.5 Å². The minimum atomic E-state index is 0.451. The van der Waals surface area contributed by atoms with Crippen LogP contribution in [0.15, 0.2) is 12.4 Å². The zero-order valence-electron chi connectivity index (χ0n) is 6.82. The SMILES string of the molecule is COc1cnc(CCC#N)nc1. The number of rotatable bonds is 3. The zero-order valence-corrected chi connectivity index (χ0v) is 6.82. The van der Waals surface area contributed by atoms with Crippen LogP contribution in [0.1, 0.15) is 12.2 Å². The van der Waals surface area contributed by atoms with E-state index in [2.05, 4.69) is 9.97 Å². The van der Waals surface area contributed by atoms with E-state index < -0.39 is 0 Å². The van der Waals surface area contributed by atoms with Gasteiger partial charge in [-0.2, -0.15) is 5.26 Å². The Bertz CT molecular complexity index is 275. The van der Waals surface area contributed by atoms with Gasteiger partial charge in [-0.25, -0.2) is 9.97 Å². The molecule has 0 aromatic carbocycles. The van der Waals surface area contributed by atoms with E-state index in [0.29, 0.717) is 24.4 Å². The molecule has 1 rings (SSSR count). The summed E-state index contributed by atoms with van der Waals surface area (Å²) in [6.45, 7) is 0. The zero-order chi connectivity index (χ0) is 8.81. The Kier molecular flexibility index (Phi) is 3.03. The number of hydrogen-bond acceptors (Lipinski definition) is 4. The van der Waals surface area contributed by atoms with Crippen molar-refractivity contribution in [2.24, 2.45) is 0 Å². The number of nitrogens with zero attached hydrogens (tertiary/aromatic N) is 3. The Balaban J connectivity index is 2.60. The summed E-state index contributed by atoms with van der Waals surface area (Å²) in [5, 5.41) is 8.30. The molecule has 1 aromatic heterocycles. The molecule has 0 bridgehead atoms. The monoisotopic (exact) mass is 163 g/mol. The molecule has 0 unspecified atom stereocenters. The van der Waals surface area contributed by atoms with Crippen molar-refractivity contribution in [1.29, 1.82) is 5.26 Å². The standard InChI is InChI=1S/C8H9N3O/c1-12-7-5-10-8(11-6-7)3-2-4-9/h5-6H,2-3H2,1H3. The molecule has 0 radical (unpaired) electrons. The summed E-state index contributed by atoms with van der Waals surface area (Å²) in [4.78, 5) is 8.00. The average molecular weight is 163 g/mol. The lowest BCUT2D eigenvalue weighted by Crippen LogP contribution is -1.94. The molecule has 0 saturated carbocycles. The van der Waals surface area contributed by atoms with E-state index in [-0.39, 0.29) is 0 Å². The van der Waals surface area contributed by atoms with Crippen molar-refractivity contribution in [1.82, 2.24) is 9.97 Å². The van der Waals surface area contributed by atoms with Crippen LogP contribution in [0.3, 0.4) is 0 Å². The highest BCUT2D eigenvalue weighted by atomic mass is 16.5. The van der Waals surface area contributed by atoms with Crippen molar-refractivity contribution in [3.8, 4) is 11.8 Å². The van der Waals surface area contributed by atoms with Crippen molar-refractivity contribution >= 4 is 0 Å². The van der Waals surface area contributed by atoms with E-state index in [1.807, 2.05) is 6.07 Å². The largest absolute Gasteiger partial charge is 0.494 e. The van der Waals surface area contributed by atoms with Gasteiger partial charge >= 0.3 is 0 Å². The Hall–Kier alpha value is -1.63. The minimum absolute atomic E-state index is 0.451. The lowest BCUT2D eigenvalue weighted by atomic mass is 10.3. The Morgan fingerprint density at radius 3 is 2.67 bits per heavy atom. The van der Waals surface area contributed by atoms with E-state index in [4.69, 9.17) is 10.00 Å². The summed E-state index contributed by atoms with van der Waals surface area (Å²) in [5.41, 5.74) is 0. The predicted molar refractivity (Wildman–Crippen MR) is 42.5 cm³/mol. The lowest BCUT2D eigenvalue weighted by Gasteiger charge is -1.98. The number of aromatic nitrogens is 2. The van der Waals surface area contributed by atoms with Crippen LogP contribution in [0.4, 0.5) is 0 Å². The molecule has 0 spiro atoms. The molecule has 1 aromatic rings. The average Bonchev–Trinajstić information content (AvgIpc) is 2.15. The van der Waals surface area contributed by atoms with Crippen LogP contribution in [0, 0.1) is 11.3 Å². The van der Waals surface area contributed by atoms with Gasteiger partial charge in [0.15, 0.2) is 5.75 Å². The molecular formula is C8H9N3O. The second-order valence-electron chi connectivity index (χ2n) is 2.20. The second-order valence-corrected chi connectivity index (χ2v) is 2.20. The van der Waals surface area contributed by atoms with Gasteiger partial charge in [0.05, 0.1) is 25.6 Å². The normalized spacial score (nSPS) is 9.00. The molecular weight excluding hydrogens is 154 g/mol. The first kappa shape index (κ1) is 8.47. The molecule has 0 amide bonds. The smallest absolute Gasteiger partial charge is 0.155 e. The summed E-state index contributed by atoms with van der Waals surface area (Å²) < 4.78 is 4.88. The molecule has 1 heterocycles. The highest BCUT2D eigenvalue weighted by molar-refractivity contribution is 5.12. The third-order valence-corrected chi connectivity index (χ3v) is 1.38. The molecule has 62 valence electrons. The Labute approximate surface area is 70.8 Å². The quantitative estimate of drug-likeness (QED) is 0.665. The predicted octanol–water partition coefficient (Wildman–Crippen LogP) is 0.941. The van der Waals surface area contributed by atoms with Crippen LogP contribution < -0.4 is 4.74 Å². The summed E-state index contributed by atoms with van der Waals surface area (Å²) in [5.74, 6) is 1.31. The summed E-state index contributed by atoms with van der Waals surface area (Å²) >= 11 is 0. The lowest BCUT2D eigenvalue weighted by molar-refractivity contribution is 0.410. The molecule has 0 aliphatic carbocycles. The van der Waals surface area contributed by atoms with Crippen LogP contribution in [0.25, 0.3) is 0 Å². The maximum Gasteiger partial charge on any atom is 0.155 e. The summed E-state index contributed by atoms with van der Waals surface area (Å²) in [6, 6.07) is 2.03. The molecule has 0 saturated heterocycles. The van der Waals surface area contributed by atoms with Crippen molar-refractivity contribution in [3.63, 3.8) is 0 Å². The third-order valence-electron chi connectivity index (χ3n) is 1.38. The maximum absolute atomic E-state index is 8.30. The van der Waals surface area contributed by atoms with Crippen molar-refractivity contribution in [2.45, 2.75) is 12.8 Å². The van der Waals surface area contributed by atoms with Gasteiger partial charge in [0.1, 0.15) is 5.82 Å². The van der Waals surface area contributed by atoms with Crippen molar-refractivity contribution in [2.75, 3.05) is 7.11 Å². The highest BCUT2D eigenvalue weighted by Crippen LogP contribution is 2.05. The van der Waals surface area contributed by atoms with E-state index in [9.17, 15) is 0 Å². The van der Waals surface area contributed by atoms with Gasteiger partial charge in [-0.15, -0.1) is 0 Å². The molecule has 0 atom stereocenters. The third kappa shape index (κ3) is 2.20. The fourth-order valence-electron chi connectivity index (χ4n) is 0.745. The van der Waals surface area contributed by atoms with E-state index >= 15 is 0 Å². The second kappa shape index (κ2) is 4.29. The van der Waals surface area contributed by atoms with Gasteiger partial charge in [-0.05, 0) is 0 Å². The number of aryl methyl sites for hydroxylation is 1. The van der Waals surface area contributed by atoms with Crippen LogP contribution in [0.5, 0.6) is 5.75 Å². The van der Waals surface area contributed by atoms with E-state index in [1.165, 1.54) is 0 Å². The van der Waals surface area contributed by atoms with Gasteiger partial charge < -0.3 is 4.74 Å². The maximum atomic E-state index is 8.30. The fraction of sp³-hybridized carbons (Fsp3) is 0.375. The first-order valence-electron chi connectivity index (χ1n) is 3.58. The molecule has 0 aliphatic rings. The number of hydrogen-bond donors (Lipinski definition) is 0. The molecule has 0 aliphatic heterocycles. The molecule has 4 nitrogen and oxygen atoms in total. The fourth-order valence-corrected chi connectivity index (χ4v) is 0.745. The molecule has 12 heavy (non-hydrogen) atoms. The van der Waals surface area contributed by atoms with Gasteiger partial charge in [0.25, 0.3) is 0 Å². The minimum Gasteiger partial charge on any atom is -0.494 e. The highest BCUT2D eigenvalue weighted by Gasteiger charge is 1.96. The van der Waals surface area contributed by atoms with Gasteiger partial charge in [0.2, 0.25) is 0 Å². The van der Waals surface area contributed by atoms with Gasteiger partial charge in [-0.1, -0.05) is 0 Å². The topological polar surface area (TPSA) is 58.8 Å². The molecule has 0 fully saturated rings. The van der Waals surface area contributed by atoms with E-state index in [0.717, 1.165) is 0 Å². The van der Waals surface area contributed by atoms with Gasteiger partial charge in [-0.3, -0.25) is 0 Å². The Morgan fingerprint density at radius 1 is 1.50 bits per heavy atom. The summed E-state index contributed by atoms with van der Waals surface area (Å²) in [7, 11) is 1.56. The van der Waals surface area contributed by atoms with Crippen LogP contribution in [-0.2, 0) is 6.42 Å². The summed E-state index contributed by atoms with van der Waals surface area (Å²) in [6.07, 6.45) is 4.24. The number of nitriles is 1. The van der Waals surface area contributed by atoms with Gasteiger partial charge in [0, 0.05) is 12.8 Å². The first-order valence-corrected chi connectivity index (χ1v) is 3.58. The molecule has 0 N–H and O–H groups in total. The van der Waals surface area contributed by atoms with Crippen LogP contribution >= 0.6 is 0 Å². The van der Waals surface area contributed by atoms with Crippen LogP contribution in [-0.4, -0.2) is 17.1 Å². The number of methoxy groups -OCH3 is 1. The Morgan fingerprint density at radius 2 is 2.17 bits per heavy atom. The van der Waals surface area contributed by atoms with Crippen molar-refractivity contribution < 1.29 is 4.74 Å². The van der Waals surface area contributed by atoms with Crippen molar-refractivity contribution in [3.05, 3.63) is 18.2 Å².